The van der Waals surface area contributed by atoms with E-state index in [1.807, 2.05) is 0 Å². The van der Waals surface area contributed by atoms with Crippen LogP contribution in [0.2, 0.25) is 0 Å². The Morgan fingerprint density at radius 3 is 2.26 bits per heavy atom. The van der Waals surface area contributed by atoms with Crippen LogP contribution < -0.4 is 0 Å². The Hall–Kier alpha value is -2.65. The van der Waals surface area contributed by atoms with Crippen molar-refractivity contribution in [2.24, 2.45) is 0 Å². The second-order valence-electron chi connectivity index (χ2n) is 4.64. The van der Waals surface area contributed by atoms with E-state index in [1.54, 1.807) is 0 Å². The van der Waals surface area contributed by atoms with E-state index in [0.29, 0.717) is 12.4 Å². The van der Waals surface area contributed by atoms with Gasteiger partial charge in [0, 0.05) is 11.6 Å². The third-order valence-corrected chi connectivity index (χ3v) is 3.12. The van der Waals surface area contributed by atoms with Crippen molar-refractivity contribution in [2.75, 3.05) is 0 Å². The molecule has 0 unspecified atom stereocenters. The number of aldehydes is 1. The fraction of sp³-hybridized carbons (Fsp3) is 0.154. The van der Waals surface area contributed by atoms with Gasteiger partial charge in [0.2, 0.25) is 0 Å². The van der Waals surface area contributed by atoms with Crippen molar-refractivity contribution >= 4 is 23.0 Å². The maximum atomic E-state index is 12.9. The lowest BCUT2D eigenvalue weighted by Gasteiger charge is -2.15. The van der Waals surface area contributed by atoms with Crippen molar-refractivity contribution in [3.63, 3.8) is 0 Å². The lowest BCUT2D eigenvalue weighted by Crippen LogP contribution is -2.19. The summed E-state index contributed by atoms with van der Waals surface area (Å²) in [5, 5.41) is -0.160. The summed E-state index contributed by atoms with van der Waals surface area (Å²) in [6, 6.07) is 2.82. The highest BCUT2D eigenvalue weighted by Crippen LogP contribution is 2.40. The number of imidazole rings is 1. The number of pyridine rings is 2. The molecule has 0 aliphatic rings. The molecule has 0 saturated heterocycles. The van der Waals surface area contributed by atoms with E-state index < -0.39 is 23.6 Å². The normalized spacial score (nSPS) is 13.0. The second-order valence-corrected chi connectivity index (χ2v) is 4.64. The van der Waals surface area contributed by atoms with Crippen LogP contribution >= 0.6 is 0 Å². The molecular formula is C13H5F6N3O. The van der Waals surface area contributed by atoms with E-state index in [4.69, 9.17) is 0 Å². The van der Waals surface area contributed by atoms with Crippen LogP contribution in [-0.4, -0.2) is 20.7 Å². The minimum absolute atomic E-state index is 0.0762. The minimum atomic E-state index is -5.28. The summed E-state index contributed by atoms with van der Waals surface area (Å²) in [7, 11) is 0. The van der Waals surface area contributed by atoms with Gasteiger partial charge in [0.1, 0.15) is 17.0 Å². The molecule has 23 heavy (non-hydrogen) atoms. The maximum absolute atomic E-state index is 12.9. The van der Waals surface area contributed by atoms with Gasteiger partial charge in [-0.15, -0.1) is 0 Å². The van der Waals surface area contributed by atoms with Crippen molar-refractivity contribution in [2.45, 2.75) is 12.4 Å². The highest BCUT2D eigenvalue weighted by molar-refractivity contribution is 5.82. The fourth-order valence-corrected chi connectivity index (χ4v) is 2.19. The van der Waals surface area contributed by atoms with Crippen LogP contribution in [-0.2, 0) is 12.4 Å². The standard InChI is InChI=1S/C13H5F6N3O/c14-12(15,16)8-3-6-1-2-9-20-7(5-23)4-22(9)11(6)21-10(8)13(17,18)19/h1-5H. The predicted molar refractivity (Wildman–Crippen MR) is 65.9 cm³/mol. The van der Waals surface area contributed by atoms with Crippen LogP contribution in [0.5, 0.6) is 0 Å². The topological polar surface area (TPSA) is 47.3 Å². The highest BCUT2D eigenvalue weighted by Gasteiger charge is 2.45. The first kappa shape index (κ1) is 15.3. The molecule has 0 spiro atoms. The number of fused-ring (bicyclic) bond motifs is 3. The summed E-state index contributed by atoms with van der Waals surface area (Å²) >= 11 is 0. The highest BCUT2D eigenvalue weighted by atomic mass is 19.4. The van der Waals surface area contributed by atoms with Crippen LogP contribution in [0.1, 0.15) is 21.7 Å². The van der Waals surface area contributed by atoms with Gasteiger partial charge in [0.15, 0.2) is 12.0 Å². The Kier molecular flexibility index (Phi) is 3.10. The van der Waals surface area contributed by atoms with E-state index >= 15 is 0 Å². The fourth-order valence-electron chi connectivity index (χ4n) is 2.19. The van der Waals surface area contributed by atoms with Crippen LogP contribution in [0.3, 0.4) is 0 Å². The SMILES string of the molecule is O=Cc1cn2c(ccc3cc(C(F)(F)F)c(C(F)(F)F)nc32)n1. The molecule has 0 aliphatic carbocycles. The minimum Gasteiger partial charge on any atom is -0.296 e. The molecule has 0 saturated carbocycles. The quantitative estimate of drug-likeness (QED) is 0.504. The average Bonchev–Trinajstić information content (AvgIpc) is 2.87. The molecule has 0 aromatic carbocycles. The average molecular weight is 333 g/mol. The van der Waals surface area contributed by atoms with Gasteiger partial charge in [0.05, 0.1) is 5.56 Å². The molecule has 0 bridgehead atoms. The van der Waals surface area contributed by atoms with Gasteiger partial charge >= 0.3 is 12.4 Å². The zero-order valence-corrected chi connectivity index (χ0v) is 10.9. The van der Waals surface area contributed by atoms with Gasteiger partial charge in [0.25, 0.3) is 0 Å². The number of nitrogens with zero attached hydrogens (tertiary/aromatic N) is 3. The zero-order chi connectivity index (χ0) is 17.0. The lowest BCUT2D eigenvalue weighted by molar-refractivity contribution is -0.164. The smallest absolute Gasteiger partial charge is 0.296 e. The molecule has 120 valence electrons. The molecule has 10 heteroatoms. The van der Waals surface area contributed by atoms with Gasteiger partial charge < -0.3 is 0 Å². The summed E-state index contributed by atoms with van der Waals surface area (Å²) in [4.78, 5) is 17.6. The molecule has 0 radical (unpaired) electrons. The number of carbonyl (C=O) groups excluding carboxylic acids is 1. The Labute approximate surface area is 123 Å². The second kappa shape index (κ2) is 4.67. The number of carbonyl (C=O) groups is 1. The molecule has 0 atom stereocenters. The first-order valence-corrected chi connectivity index (χ1v) is 6.03. The first-order valence-electron chi connectivity index (χ1n) is 6.03. The van der Waals surface area contributed by atoms with E-state index in [0.717, 1.165) is 16.7 Å². The molecule has 0 N–H and O–H groups in total. The Morgan fingerprint density at radius 2 is 1.70 bits per heavy atom. The predicted octanol–water partition coefficient (Wildman–Crippen LogP) is 3.73. The van der Waals surface area contributed by atoms with E-state index in [-0.39, 0.29) is 22.4 Å². The van der Waals surface area contributed by atoms with Crippen LogP contribution in [0.15, 0.2) is 24.4 Å². The van der Waals surface area contributed by atoms with Crippen LogP contribution in [0, 0.1) is 0 Å². The van der Waals surface area contributed by atoms with Gasteiger partial charge in [-0.05, 0) is 18.2 Å². The molecular weight excluding hydrogens is 328 g/mol. The molecule has 3 heterocycles. The summed E-state index contributed by atoms with van der Waals surface area (Å²) in [6.45, 7) is 0. The Bertz CT molecular complexity index is 925. The zero-order valence-electron chi connectivity index (χ0n) is 10.9. The summed E-state index contributed by atoms with van der Waals surface area (Å²) in [6.07, 6.45) is -9.02. The number of halogens is 6. The number of hydrogen-bond donors (Lipinski definition) is 0. The van der Waals surface area contributed by atoms with Gasteiger partial charge in [-0.2, -0.15) is 26.3 Å². The largest absolute Gasteiger partial charge is 0.434 e. The third kappa shape index (κ3) is 2.49. The molecule has 0 amide bonds. The number of rotatable bonds is 1. The van der Waals surface area contributed by atoms with Crippen LogP contribution in [0.4, 0.5) is 26.3 Å². The van der Waals surface area contributed by atoms with Crippen LogP contribution in [0.25, 0.3) is 16.7 Å². The van der Waals surface area contributed by atoms with Gasteiger partial charge in [-0.25, -0.2) is 9.97 Å². The van der Waals surface area contributed by atoms with Crippen molar-refractivity contribution < 1.29 is 31.1 Å². The number of alkyl halides is 6. The molecule has 0 fully saturated rings. The monoisotopic (exact) mass is 333 g/mol. The summed E-state index contributed by atoms with van der Waals surface area (Å²) < 4.78 is 78.5. The van der Waals surface area contributed by atoms with E-state index in [2.05, 4.69) is 9.97 Å². The van der Waals surface area contributed by atoms with Crippen molar-refractivity contribution in [3.05, 3.63) is 41.3 Å². The first-order chi connectivity index (χ1) is 10.6. The third-order valence-electron chi connectivity index (χ3n) is 3.12. The molecule has 3 aromatic rings. The number of hydrogen-bond acceptors (Lipinski definition) is 3. The van der Waals surface area contributed by atoms with Gasteiger partial charge in [-0.1, -0.05) is 0 Å². The lowest BCUT2D eigenvalue weighted by atomic mass is 10.1. The Morgan fingerprint density at radius 1 is 1.00 bits per heavy atom. The van der Waals surface area contributed by atoms with E-state index in [9.17, 15) is 31.1 Å². The van der Waals surface area contributed by atoms with Crippen molar-refractivity contribution in [1.29, 1.82) is 0 Å². The Balaban J connectivity index is 2.44. The van der Waals surface area contributed by atoms with Gasteiger partial charge in [-0.3, -0.25) is 9.20 Å². The molecule has 4 nitrogen and oxygen atoms in total. The maximum Gasteiger partial charge on any atom is 0.434 e. The van der Waals surface area contributed by atoms with E-state index in [1.165, 1.54) is 6.07 Å². The van der Waals surface area contributed by atoms with Crippen molar-refractivity contribution in [1.82, 2.24) is 14.4 Å². The molecule has 3 rings (SSSR count). The molecule has 0 aliphatic heterocycles. The number of aromatic nitrogens is 3. The van der Waals surface area contributed by atoms with Crippen molar-refractivity contribution in [3.8, 4) is 0 Å². The molecule has 3 aromatic heterocycles. The summed E-state index contributed by atoms with van der Waals surface area (Å²) in [5.74, 6) is 0. The summed E-state index contributed by atoms with van der Waals surface area (Å²) in [5.41, 5.74) is -4.25.